The lowest BCUT2D eigenvalue weighted by Gasteiger charge is -2.30. The predicted octanol–water partition coefficient (Wildman–Crippen LogP) is 1.03. The number of ether oxygens (including phenoxy) is 1. The maximum Gasteiger partial charge on any atom is 0.409 e. The highest BCUT2D eigenvalue weighted by Gasteiger charge is 2.44. The second-order valence-corrected chi connectivity index (χ2v) is 9.99. The number of fused-ring (bicyclic) bond motifs is 1. The topological polar surface area (TPSA) is 125 Å². The van der Waals surface area contributed by atoms with Gasteiger partial charge in [0.2, 0.25) is 10.0 Å². The predicted molar refractivity (Wildman–Crippen MR) is 106 cm³/mol. The average molecular weight is 423 g/mol. The van der Waals surface area contributed by atoms with Gasteiger partial charge in [-0.3, -0.25) is 4.98 Å². The molecule has 4 rings (SSSR count). The highest BCUT2D eigenvalue weighted by Crippen LogP contribution is 2.39. The van der Waals surface area contributed by atoms with Gasteiger partial charge in [0, 0.05) is 44.4 Å². The quantitative estimate of drug-likeness (QED) is 0.664. The van der Waals surface area contributed by atoms with Crippen LogP contribution in [0.4, 0.5) is 10.5 Å². The minimum Gasteiger partial charge on any atom is -0.446 e. The maximum atomic E-state index is 12.3. The van der Waals surface area contributed by atoms with Crippen LogP contribution in [0.25, 0.3) is 0 Å². The van der Waals surface area contributed by atoms with Crippen LogP contribution in [0.2, 0.25) is 0 Å². The first-order valence-corrected chi connectivity index (χ1v) is 11.1. The molecule has 0 bridgehead atoms. The van der Waals surface area contributed by atoms with Gasteiger partial charge >= 0.3 is 6.09 Å². The lowest BCUT2D eigenvalue weighted by atomic mass is 9.83. The number of pyridine rings is 1. The Kier molecular flexibility index (Phi) is 4.99. The van der Waals surface area contributed by atoms with Gasteiger partial charge in [0.05, 0.1) is 6.20 Å². The van der Waals surface area contributed by atoms with Crippen LogP contribution in [0.15, 0.2) is 22.3 Å². The molecule has 3 N–H and O–H groups in total. The number of rotatable bonds is 3. The first kappa shape index (κ1) is 20.0. The van der Waals surface area contributed by atoms with E-state index >= 15 is 0 Å². The number of nitrogens with zero attached hydrogens (tertiary/aromatic N) is 3. The number of hydrogen-bond donors (Lipinski definition) is 3. The lowest BCUT2D eigenvalue weighted by Crippen LogP contribution is -2.46. The molecule has 3 atom stereocenters. The molecular weight excluding hydrogens is 396 g/mol. The van der Waals surface area contributed by atoms with Crippen molar-refractivity contribution >= 4 is 27.6 Å². The fraction of sp³-hybridized carbons (Fsp3) is 0.611. The normalized spacial score (nSPS) is 31.5. The number of aromatic nitrogens is 1. The molecule has 3 heterocycles. The van der Waals surface area contributed by atoms with Gasteiger partial charge in [-0.2, -0.15) is 0 Å². The number of aliphatic imine (C=N–C) groups is 1. The summed E-state index contributed by atoms with van der Waals surface area (Å²) in [5, 5.41) is 0. The van der Waals surface area contributed by atoms with Crippen molar-refractivity contribution in [3.63, 3.8) is 0 Å². The maximum absolute atomic E-state index is 12.3. The first-order chi connectivity index (χ1) is 13.7. The summed E-state index contributed by atoms with van der Waals surface area (Å²) in [5.74, 6) is 0.964. The highest BCUT2D eigenvalue weighted by molar-refractivity contribution is 7.90. The minimum absolute atomic E-state index is 0.0904. The van der Waals surface area contributed by atoms with Gasteiger partial charge < -0.3 is 15.1 Å². The van der Waals surface area contributed by atoms with Crippen LogP contribution in [0, 0.1) is 5.92 Å². The molecule has 1 saturated heterocycles. The Morgan fingerprint density at radius 1 is 1.34 bits per heavy atom. The molecule has 1 amide bonds. The van der Waals surface area contributed by atoms with E-state index in [-0.39, 0.29) is 29.2 Å². The molecule has 0 spiro atoms. The Hall–Kier alpha value is -2.24. The molecule has 1 aliphatic carbocycles. The summed E-state index contributed by atoms with van der Waals surface area (Å²) in [5.41, 5.74) is 7.12. The third-order valence-corrected chi connectivity index (χ3v) is 7.41. The molecule has 0 radical (unpaired) electrons. The van der Waals surface area contributed by atoms with Crippen molar-refractivity contribution in [2.75, 3.05) is 14.1 Å². The van der Waals surface area contributed by atoms with Crippen LogP contribution in [0.3, 0.4) is 0 Å². The lowest BCUT2D eigenvalue weighted by molar-refractivity contribution is 0.0728. The van der Waals surface area contributed by atoms with E-state index in [1.54, 1.807) is 20.3 Å². The van der Waals surface area contributed by atoms with Gasteiger partial charge in [-0.1, -0.05) is 0 Å². The smallest absolute Gasteiger partial charge is 0.409 e. The van der Waals surface area contributed by atoms with Crippen molar-refractivity contribution in [3.05, 3.63) is 18.0 Å². The number of amides is 1. The second-order valence-electron chi connectivity index (χ2n) is 8.28. The zero-order valence-corrected chi connectivity index (χ0v) is 17.5. The molecule has 0 aromatic carbocycles. The summed E-state index contributed by atoms with van der Waals surface area (Å²) in [6.07, 6.45) is 5.77. The van der Waals surface area contributed by atoms with E-state index in [0.717, 1.165) is 19.3 Å². The van der Waals surface area contributed by atoms with Crippen LogP contribution >= 0.6 is 0 Å². The molecule has 1 aromatic rings. The standard InChI is InChI=1S/C18H26N6O4S/c1-18(12-4-5-13(6-12)28-17(25)24(2)3)7-15(22-23-18)21-14-10-19-8-11-9-20-29(26,27)16(11)14/h8,10,12-13,20,23H,4-7,9H2,1-3H3,(H,21,22)/t12-,13+,18?/m0/s1. The van der Waals surface area contributed by atoms with Crippen molar-refractivity contribution < 1.29 is 17.9 Å². The Labute approximate surface area is 170 Å². The molecule has 1 unspecified atom stereocenters. The molecule has 29 heavy (non-hydrogen) atoms. The average Bonchev–Trinajstić information content (AvgIpc) is 3.35. The fourth-order valence-corrected chi connectivity index (χ4v) is 5.56. The Morgan fingerprint density at radius 2 is 2.14 bits per heavy atom. The van der Waals surface area contributed by atoms with Gasteiger partial charge in [0.1, 0.15) is 22.5 Å². The van der Waals surface area contributed by atoms with Crippen molar-refractivity contribution in [3.8, 4) is 0 Å². The number of carbonyl (C=O) groups excluding carboxylic acids is 1. The molecule has 3 aliphatic rings. The molecule has 11 heteroatoms. The SMILES string of the molecule is CN(C)C(=O)O[C@@H]1CC[C@H](C2(C)CC(=Nc3cncc4c3S(=O)(=O)NC4)NN2)C1. The number of hydrogen-bond acceptors (Lipinski definition) is 7. The van der Waals surface area contributed by atoms with E-state index in [9.17, 15) is 13.2 Å². The Balaban J connectivity index is 1.47. The zero-order chi connectivity index (χ0) is 20.8. The highest BCUT2D eigenvalue weighted by atomic mass is 32.2. The largest absolute Gasteiger partial charge is 0.446 e. The van der Waals surface area contributed by atoms with Gasteiger partial charge in [0.15, 0.2) is 0 Å². The summed E-state index contributed by atoms with van der Waals surface area (Å²) in [6.45, 7) is 2.34. The van der Waals surface area contributed by atoms with Crippen molar-refractivity contribution in [2.24, 2.45) is 10.9 Å². The Morgan fingerprint density at radius 3 is 2.90 bits per heavy atom. The Bertz CT molecular complexity index is 963. The minimum atomic E-state index is -3.55. The van der Waals surface area contributed by atoms with Gasteiger partial charge in [0.25, 0.3) is 0 Å². The first-order valence-electron chi connectivity index (χ1n) is 9.63. The van der Waals surface area contributed by atoms with Crippen molar-refractivity contribution in [1.29, 1.82) is 0 Å². The van der Waals surface area contributed by atoms with Gasteiger partial charge in [-0.15, -0.1) is 0 Å². The van der Waals surface area contributed by atoms with E-state index in [4.69, 9.17) is 4.74 Å². The summed E-state index contributed by atoms with van der Waals surface area (Å²) >= 11 is 0. The number of sulfonamides is 1. The van der Waals surface area contributed by atoms with E-state index in [0.29, 0.717) is 29.4 Å². The molecular formula is C18H26N6O4S. The molecule has 10 nitrogen and oxygen atoms in total. The van der Waals surface area contributed by atoms with Gasteiger partial charge in [-0.05, 0) is 32.1 Å². The number of carbonyl (C=O) groups is 1. The zero-order valence-electron chi connectivity index (χ0n) is 16.7. The van der Waals surface area contributed by atoms with Gasteiger partial charge in [-0.25, -0.2) is 28.4 Å². The molecule has 2 fully saturated rings. The van der Waals surface area contributed by atoms with Crippen LogP contribution < -0.4 is 15.6 Å². The van der Waals surface area contributed by atoms with Crippen molar-refractivity contribution in [1.82, 2.24) is 25.5 Å². The summed E-state index contributed by atoms with van der Waals surface area (Å²) in [6, 6.07) is 0. The second kappa shape index (κ2) is 7.22. The van der Waals surface area contributed by atoms with E-state index in [1.165, 1.54) is 11.1 Å². The molecule has 2 aliphatic heterocycles. The molecule has 1 aromatic heterocycles. The molecule has 1 saturated carbocycles. The van der Waals surface area contributed by atoms with Crippen LogP contribution in [-0.2, 0) is 21.3 Å². The summed E-state index contributed by atoms with van der Waals surface area (Å²) < 4.78 is 32.6. The summed E-state index contributed by atoms with van der Waals surface area (Å²) in [4.78, 5) is 22.1. The third-order valence-electron chi connectivity index (χ3n) is 5.87. The van der Waals surface area contributed by atoms with Crippen molar-refractivity contribution in [2.45, 2.75) is 55.7 Å². The molecule has 158 valence electrons. The van der Waals surface area contributed by atoms with E-state index in [2.05, 4.69) is 32.5 Å². The number of hydrazine groups is 1. The van der Waals surface area contributed by atoms with E-state index in [1.807, 2.05) is 0 Å². The van der Waals surface area contributed by atoms with Crippen LogP contribution in [0.1, 0.15) is 38.2 Å². The van der Waals surface area contributed by atoms with Crippen LogP contribution in [0.5, 0.6) is 0 Å². The van der Waals surface area contributed by atoms with Crippen LogP contribution in [-0.4, -0.2) is 56.0 Å². The number of amidine groups is 1. The fourth-order valence-electron chi connectivity index (χ4n) is 4.22. The third kappa shape index (κ3) is 3.81. The van der Waals surface area contributed by atoms with E-state index < -0.39 is 10.0 Å². The summed E-state index contributed by atoms with van der Waals surface area (Å²) in [7, 11) is -0.200. The monoisotopic (exact) mass is 422 g/mol. The number of nitrogens with one attached hydrogen (secondary N) is 3.